The van der Waals surface area contributed by atoms with Crippen molar-refractivity contribution in [3.63, 3.8) is 0 Å². The Bertz CT molecular complexity index is 696. The van der Waals surface area contributed by atoms with E-state index in [0.717, 1.165) is 56.1 Å². The molecule has 27 heavy (non-hydrogen) atoms. The molecule has 0 amide bonds. The molecule has 0 radical (unpaired) electrons. The smallest absolute Gasteiger partial charge is 0.225 e. The van der Waals surface area contributed by atoms with E-state index in [9.17, 15) is 0 Å². The summed E-state index contributed by atoms with van der Waals surface area (Å²) in [5.41, 5.74) is 1.24. The van der Waals surface area contributed by atoms with Gasteiger partial charge in [-0.15, -0.1) is 0 Å². The summed E-state index contributed by atoms with van der Waals surface area (Å²) in [6, 6.07) is 1.88. The lowest BCUT2D eigenvalue weighted by molar-refractivity contribution is 0.251. The van der Waals surface area contributed by atoms with E-state index >= 15 is 0 Å². The maximum Gasteiger partial charge on any atom is 0.225 e. The third kappa shape index (κ3) is 4.61. The van der Waals surface area contributed by atoms with Crippen molar-refractivity contribution in [2.75, 3.05) is 31.1 Å². The lowest BCUT2D eigenvalue weighted by Gasteiger charge is -2.34. The summed E-state index contributed by atoms with van der Waals surface area (Å²) in [6.07, 6.45) is 13.6. The van der Waals surface area contributed by atoms with Gasteiger partial charge in [0.2, 0.25) is 5.95 Å². The normalized spacial score (nSPS) is 21.7. The molecular weight excluding hydrogens is 336 g/mol. The van der Waals surface area contributed by atoms with Crippen LogP contribution in [0.15, 0.2) is 30.9 Å². The zero-order valence-electron chi connectivity index (χ0n) is 16.3. The topological polar surface area (TPSA) is 58.0 Å². The van der Waals surface area contributed by atoms with Crippen molar-refractivity contribution < 1.29 is 0 Å². The molecule has 2 aliphatic rings. The summed E-state index contributed by atoms with van der Waals surface area (Å²) in [4.78, 5) is 22.7. The Morgan fingerprint density at radius 3 is 2.33 bits per heavy atom. The SMILES string of the molecule is CCCc1ncc(CN2CC[C@H](C3CCN(c4ncccn4)CC3)C2)cn1. The van der Waals surface area contributed by atoms with Crippen molar-refractivity contribution in [2.24, 2.45) is 11.8 Å². The van der Waals surface area contributed by atoms with E-state index in [1.165, 1.54) is 37.9 Å². The fourth-order valence-electron chi connectivity index (χ4n) is 4.49. The Labute approximate surface area is 162 Å². The number of hydrogen-bond acceptors (Lipinski definition) is 6. The number of anilines is 1. The van der Waals surface area contributed by atoms with Gasteiger partial charge in [-0.25, -0.2) is 19.9 Å². The first kappa shape index (κ1) is 18.3. The molecule has 6 heteroatoms. The van der Waals surface area contributed by atoms with Crippen molar-refractivity contribution in [1.82, 2.24) is 24.8 Å². The van der Waals surface area contributed by atoms with Crippen LogP contribution in [-0.2, 0) is 13.0 Å². The number of hydrogen-bond donors (Lipinski definition) is 0. The fourth-order valence-corrected chi connectivity index (χ4v) is 4.49. The zero-order valence-corrected chi connectivity index (χ0v) is 16.3. The Hall–Kier alpha value is -2.08. The van der Waals surface area contributed by atoms with Crippen LogP contribution in [0.25, 0.3) is 0 Å². The number of aromatic nitrogens is 4. The molecule has 0 aromatic carbocycles. The third-order valence-corrected chi connectivity index (χ3v) is 5.99. The van der Waals surface area contributed by atoms with Gasteiger partial charge in [0.15, 0.2) is 0 Å². The maximum absolute atomic E-state index is 4.50. The Balaban J connectivity index is 1.25. The van der Waals surface area contributed by atoms with Crippen molar-refractivity contribution >= 4 is 5.95 Å². The van der Waals surface area contributed by atoms with Crippen molar-refractivity contribution in [3.05, 3.63) is 42.2 Å². The van der Waals surface area contributed by atoms with Gasteiger partial charge in [0.05, 0.1) is 0 Å². The molecule has 0 spiro atoms. The molecule has 2 aromatic rings. The average molecular weight is 367 g/mol. The van der Waals surface area contributed by atoms with Gasteiger partial charge in [0, 0.05) is 63.0 Å². The van der Waals surface area contributed by atoms with Crippen LogP contribution in [0, 0.1) is 11.8 Å². The van der Waals surface area contributed by atoms with Crippen LogP contribution < -0.4 is 4.90 Å². The van der Waals surface area contributed by atoms with Crippen LogP contribution >= 0.6 is 0 Å². The number of aryl methyl sites for hydroxylation is 1. The first-order valence-corrected chi connectivity index (χ1v) is 10.4. The molecule has 0 bridgehead atoms. The Morgan fingerprint density at radius 1 is 0.926 bits per heavy atom. The molecule has 144 valence electrons. The van der Waals surface area contributed by atoms with Gasteiger partial charge < -0.3 is 4.90 Å². The van der Waals surface area contributed by atoms with Crippen molar-refractivity contribution in [1.29, 1.82) is 0 Å². The molecule has 0 unspecified atom stereocenters. The van der Waals surface area contributed by atoms with E-state index in [0.29, 0.717) is 0 Å². The molecule has 2 saturated heterocycles. The summed E-state index contributed by atoms with van der Waals surface area (Å²) < 4.78 is 0. The minimum absolute atomic E-state index is 0.823. The highest BCUT2D eigenvalue weighted by atomic mass is 15.2. The van der Waals surface area contributed by atoms with Crippen molar-refractivity contribution in [3.8, 4) is 0 Å². The quantitative estimate of drug-likeness (QED) is 0.783. The van der Waals surface area contributed by atoms with Crippen LogP contribution in [-0.4, -0.2) is 51.0 Å². The summed E-state index contributed by atoms with van der Waals surface area (Å²) >= 11 is 0. The van der Waals surface area contributed by atoms with Crippen LogP contribution in [0.3, 0.4) is 0 Å². The fraction of sp³-hybridized carbons (Fsp3) is 0.619. The van der Waals surface area contributed by atoms with Gasteiger partial charge in [-0.05, 0) is 50.1 Å². The molecular formula is C21H30N6. The predicted molar refractivity (Wildman–Crippen MR) is 106 cm³/mol. The lowest BCUT2D eigenvalue weighted by Crippen LogP contribution is -2.37. The second kappa shape index (κ2) is 8.74. The Kier molecular flexibility index (Phi) is 5.92. The van der Waals surface area contributed by atoms with Gasteiger partial charge in [0.25, 0.3) is 0 Å². The molecule has 0 saturated carbocycles. The van der Waals surface area contributed by atoms with E-state index < -0.39 is 0 Å². The first-order valence-electron chi connectivity index (χ1n) is 10.4. The van der Waals surface area contributed by atoms with Crippen LogP contribution in [0.4, 0.5) is 5.95 Å². The molecule has 0 N–H and O–H groups in total. The van der Waals surface area contributed by atoms with E-state index in [1.54, 1.807) is 0 Å². The first-order chi connectivity index (χ1) is 13.3. The standard InChI is InChI=1S/C21H30N6/c1-2-4-20-24-13-17(14-25-20)15-26-10-5-19(16-26)18-6-11-27(12-7-18)21-22-8-3-9-23-21/h3,8-9,13-14,18-19H,2,4-7,10-12,15-16H2,1H3/t19-/m0/s1. The number of likely N-dealkylation sites (tertiary alicyclic amines) is 1. The predicted octanol–water partition coefficient (Wildman–Crippen LogP) is 2.96. The molecule has 0 aliphatic carbocycles. The second-order valence-corrected chi connectivity index (χ2v) is 7.91. The summed E-state index contributed by atoms with van der Waals surface area (Å²) in [6.45, 7) is 7.72. The molecule has 2 aromatic heterocycles. The molecule has 4 heterocycles. The Morgan fingerprint density at radius 2 is 1.63 bits per heavy atom. The largest absolute Gasteiger partial charge is 0.341 e. The highest BCUT2D eigenvalue weighted by Crippen LogP contribution is 2.33. The van der Waals surface area contributed by atoms with E-state index in [1.807, 2.05) is 30.9 Å². The van der Waals surface area contributed by atoms with E-state index in [2.05, 4.69) is 36.7 Å². The van der Waals surface area contributed by atoms with Crippen molar-refractivity contribution in [2.45, 2.75) is 45.6 Å². The summed E-state index contributed by atoms with van der Waals surface area (Å²) in [7, 11) is 0. The molecule has 2 aliphatic heterocycles. The summed E-state index contributed by atoms with van der Waals surface area (Å²) in [5.74, 6) is 3.51. The highest BCUT2D eigenvalue weighted by molar-refractivity contribution is 5.28. The summed E-state index contributed by atoms with van der Waals surface area (Å²) in [5, 5.41) is 0. The van der Waals surface area contributed by atoms with E-state index in [4.69, 9.17) is 0 Å². The van der Waals surface area contributed by atoms with Crippen LogP contribution in [0.1, 0.15) is 44.0 Å². The number of nitrogens with zero attached hydrogens (tertiary/aromatic N) is 6. The number of rotatable bonds is 6. The monoisotopic (exact) mass is 366 g/mol. The zero-order chi connectivity index (χ0) is 18.5. The lowest BCUT2D eigenvalue weighted by atomic mass is 9.84. The molecule has 1 atom stereocenters. The minimum Gasteiger partial charge on any atom is -0.341 e. The van der Waals surface area contributed by atoms with E-state index in [-0.39, 0.29) is 0 Å². The van der Waals surface area contributed by atoms with Crippen LogP contribution in [0.5, 0.6) is 0 Å². The molecule has 6 nitrogen and oxygen atoms in total. The second-order valence-electron chi connectivity index (χ2n) is 7.91. The van der Waals surface area contributed by atoms with Gasteiger partial charge >= 0.3 is 0 Å². The van der Waals surface area contributed by atoms with Gasteiger partial charge in [-0.1, -0.05) is 6.92 Å². The molecule has 2 fully saturated rings. The van der Waals surface area contributed by atoms with Gasteiger partial charge in [-0.3, -0.25) is 4.90 Å². The average Bonchev–Trinajstić information content (AvgIpc) is 3.19. The maximum atomic E-state index is 4.50. The third-order valence-electron chi connectivity index (χ3n) is 5.99. The number of piperidine rings is 1. The molecule has 4 rings (SSSR count). The van der Waals surface area contributed by atoms with Crippen LogP contribution in [0.2, 0.25) is 0 Å². The minimum atomic E-state index is 0.823. The van der Waals surface area contributed by atoms with Gasteiger partial charge in [0.1, 0.15) is 5.82 Å². The van der Waals surface area contributed by atoms with Gasteiger partial charge in [-0.2, -0.15) is 0 Å². The highest BCUT2D eigenvalue weighted by Gasteiger charge is 2.32.